The maximum Gasteiger partial charge on any atom is 0.419 e. The summed E-state index contributed by atoms with van der Waals surface area (Å²) in [5.74, 6) is -0.231. The summed E-state index contributed by atoms with van der Waals surface area (Å²) in [6.45, 7) is 4.35. The molecule has 4 N–H and O–H groups in total. The molecule has 8 bridgehead atoms. The molecule has 2 aromatic heterocycles. The van der Waals surface area contributed by atoms with E-state index in [1.54, 1.807) is 19.4 Å². The van der Waals surface area contributed by atoms with Gasteiger partial charge in [-0.25, -0.2) is 9.97 Å². The van der Waals surface area contributed by atoms with Gasteiger partial charge in [0.05, 0.1) is 16.8 Å². The van der Waals surface area contributed by atoms with Gasteiger partial charge in [0.15, 0.2) is 0 Å². The van der Waals surface area contributed by atoms with Crippen molar-refractivity contribution in [3.05, 3.63) is 35.7 Å². The van der Waals surface area contributed by atoms with Crippen LogP contribution >= 0.6 is 7.14 Å². The number of hydrogen-bond donors (Lipinski definition) is 4. The lowest BCUT2D eigenvalue weighted by atomic mass is 9.87. The average molecular weight is 520 g/mol. The lowest BCUT2D eigenvalue weighted by molar-refractivity contribution is -0.137. The Morgan fingerprint density at radius 2 is 1.81 bits per heavy atom. The predicted octanol–water partition coefficient (Wildman–Crippen LogP) is 3.95. The van der Waals surface area contributed by atoms with Crippen LogP contribution < -0.4 is 21.3 Å². The van der Waals surface area contributed by atoms with E-state index < -0.39 is 18.9 Å². The van der Waals surface area contributed by atoms with E-state index >= 15 is 0 Å². The summed E-state index contributed by atoms with van der Waals surface area (Å²) in [7, 11) is -3.01. The number of nitrogens with one attached hydrogen (secondary N) is 4. The number of halogens is 3. The number of rotatable bonds is 1. The highest BCUT2D eigenvalue weighted by Gasteiger charge is 2.37. The SMILES string of the molecule is CP(C)(=O)c1c2ccc3c(c[nH]c13)-c1nc(ncc1C(F)(F)F)N[C@H]1C[C@@H](C1)NCCCCNC2=O. The molecule has 3 aromatic rings. The van der Waals surface area contributed by atoms with Gasteiger partial charge in [0, 0.05) is 47.3 Å². The molecule has 36 heavy (non-hydrogen) atoms. The summed E-state index contributed by atoms with van der Waals surface area (Å²) in [4.78, 5) is 24.3. The first kappa shape index (κ1) is 24.8. The van der Waals surface area contributed by atoms with Crippen molar-refractivity contribution in [3.8, 4) is 11.3 Å². The minimum Gasteiger partial charge on any atom is -0.360 e. The minimum absolute atomic E-state index is 0.0663. The second kappa shape index (κ2) is 9.19. The second-order valence-electron chi connectivity index (χ2n) is 9.82. The van der Waals surface area contributed by atoms with Crippen LogP contribution in [0.15, 0.2) is 24.5 Å². The number of anilines is 1. The first-order valence-corrected chi connectivity index (χ1v) is 14.5. The van der Waals surface area contributed by atoms with Gasteiger partial charge in [-0.2, -0.15) is 13.2 Å². The average Bonchev–Trinajstić information content (AvgIpc) is 3.20. The van der Waals surface area contributed by atoms with Crippen molar-refractivity contribution in [2.45, 2.75) is 43.9 Å². The molecule has 6 heterocycles. The van der Waals surface area contributed by atoms with Gasteiger partial charge < -0.3 is 25.5 Å². The van der Waals surface area contributed by atoms with E-state index in [1.807, 2.05) is 0 Å². The lowest BCUT2D eigenvalue weighted by Crippen LogP contribution is -2.48. The molecule has 0 atom stereocenters. The summed E-state index contributed by atoms with van der Waals surface area (Å²) in [5, 5.41) is 10.2. The topological polar surface area (TPSA) is 112 Å². The Labute approximate surface area is 206 Å². The van der Waals surface area contributed by atoms with Crippen molar-refractivity contribution in [1.82, 2.24) is 25.6 Å². The van der Waals surface area contributed by atoms with Gasteiger partial charge in [0.1, 0.15) is 12.7 Å². The third kappa shape index (κ3) is 4.74. The Morgan fingerprint density at radius 3 is 2.53 bits per heavy atom. The van der Waals surface area contributed by atoms with Crippen LogP contribution in [0, 0.1) is 0 Å². The maximum absolute atomic E-state index is 14.0. The molecule has 0 saturated heterocycles. The van der Waals surface area contributed by atoms with Gasteiger partial charge >= 0.3 is 6.18 Å². The standard InChI is InChI=1S/C24H28F3N6O2P/c1-36(2,35)21-16-6-5-15-17(11-30-20(15)21)19-18(24(25,26)27)12-31-23(33-19)32-14-9-13(10-14)28-7-3-4-8-29-22(16)34/h5-6,11-14,28,30H,3-4,7-10H2,1-2H3,(H,29,34)(H,31,32,33)/t13-,14-. The highest BCUT2D eigenvalue weighted by atomic mass is 31.2. The van der Waals surface area contributed by atoms with Gasteiger partial charge in [-0.15, -0.1) is 0 Å². The summed E-state index contributed by atoms with van der Waals surface area (Å²) < 4.78 is 55.2. The molecule has 8 nitrogen and oxygen atoms in total. The van der Waals surface area contributed by atoms with Gasteiger partial charge in [0.2, 0.25) is 5.95 Å². The molecule has 1 aliphatic carbocycles. The Morgan fingerprint density at radius 1 is 1.06 bits per heavy atom. The van der Waals surface area contributed by atoms with Crippen LogP contribution in [0.2, 0.25) is 0 Å². The number of amides is 1. The molecule has 0 radical (unpaired) electrons. The molecule has 0 spiro atoms. The van der Waals surface area contributed by atoms with Crippen molar-refractivity contribution in [1.29, 1.82) is 0 Å². The van der Waals surface area contributed by atoms with Gasteiger partial charge in [-0.05, 0) is 51.6 Å². The number of carbonyl (C=O) groups excluding carboxylic acids is 1. The summed E-state index contributed by atoms with van der Waals surface area (Å²) >= 11 is 0. The molecule has 1 amide bonds. The smallest absolute Gasteiger partial charge is 0.360 e. The number of H-pyrrole nitrogens is 1. The Kier molecular flexibility index (Phi) is 6.32. The van der Waals surface area contributed by atoms with Crippen LogP contribution in [-0.4, -0.2) is 59.4 Å². The molecule has 4 aliphatic heterocycles. The molecular weight excluding hydrogens is 492 g/mol. The van der Waals surface area contributed by atoms with Crippen LogP contribution in [0.1, 0.15) is 41.6 Å². The largest absolute Gasteiger partial charge is 0.419 e. The molecule has 0 unspecified atom stereocenters. The summed E-state index contributed by atoms with van der Waals surface area (Å²) in [5.41, 5.74) is -0.412. The van der Waals surface area contributed by atoms with E-state index in [9.17, 15) is 22.5 Å². The van der Waals surface area contributed by atoms with Gasteiger partial charge in [-0.3, -0.25) is 4.79 Å². The van der Waals surface area contributed by atoms with Crippen molar-refractivity contribution in [3.63, 3.8) is 0 Å². The van der Waals surface area contributed by atoms with Crippen molar-refractivity contribution >= 4 is 35.2 Å². The zero-order chi connectivity index (χ0) is 25.7. The van der Waals surface area contributed by atoms with E-state index in [-0.39, 0.29) is 34.7 Å². The normalized spacial score (nSPS) is 21.3. The van der Waals surface area contributed by atoms with Crippen molar-refractivity contribution < 1.29 is 22.5 Å². The number of nitrogens with zero attached hydrogens (tertiary/aromatic N) is 2. The van der Waals surface area contributed by atoms with Crippen LogP contribution in [-0.2, 0) is 10.7 Å². The van der Waals surface area contributed by atoms with E-state index in [0.717, 1.165) is 38.4 Å². The van der Waals surface area contributed by atoms with Crippen LogP contribution in [0.5, 0.6) is 0 Å². The third-order valence-electron chi connectivity index (χ3n) is 6.75. The fraction of sp³-hybridized carbons (Fsp3) is 0.458. The lowest BCUT2D eigenvalue weighted by Gasteiger charge is -2.36. The number of aromatic nitrogens is 3. The number of alkyl halides is 3. The zero-order valence-electron chi connectivity index (χ0n) is 20.0. The van der Waals surface area contributed by atoms with Gasteiger partial charge in [-0.1, -0.05) is 6.07 Å². The monoisotopic (exact) mass is 520 g/mol. The molecule has 192 valence electrons. The quantitative estimate of drug-likeness (QED) is 0.362. The van der Waals surface area contributed by atoms with E-state index in [4.69, 9.17) is 0 Å². The highest BCUT2D eigenvalue weighted by molar-refractivity contribution is 7.70. The molecule has 1 aromatic carbocycles. The van der Waals surface area contributed by atoms with E-state index in [1.165, 1.54) is 12.3 Å². The molecule has 12 heteroatoms. The van der Waals surface area contributed by atoms with Crippen LogP contribution in [0.3, 0.4) is 0 Å². The van der Waals surface area contributed by atoms with E-state index in [2.05, 4.69) is 30.9 Å². The van der Waals surface area contributed by atoms with Crippen LogP contribution in [0.25, 0.3) is 22.2 Å². The molecule has 1 fully saturated rings. The second-order valence-corrected chi connectivity index (χ2v) is 13.0. The first-order chi connectivity index (χ1) is 17.0. The van der Waals surface area contributed by atoms with Gasteiger partial charge in [0.25, 0.3) is 5.91 Å². The van der Waals surface area contributed by atoms with Crippen molar-refractivity contribution in [2.75, 3.05) is 31.7 Å². The predicted molar refractivity (Wildman–Crippen MR) is 133 cm³/mol. The molecular formula is C24H28F3N6O2P. The third-order valence-corrected chi connectivity index (χ3v) is 8.30. The zero-order valence-corrected chi connectivity index (χ0v) is 20.9. The number of aromatic amines is 1. The first-order valence-electron chi connectivity index (χ1n) is 11.9. The minimum atomic E-state index is -4.67. The summed E-state index contributed by atoms with van der Waals surface area (Å²) in [6, 6.07) is 3.50. The van der Waals surface area contributed by atoms with E-state index in [0.29, 0.717) is 28.8 Å². The Balaban J connectivity index is 1.68. The molecule has 8 rings (SSSR count). The highest BCUT2D eigenvalue weighted by Crippen LogP contribution is 2.43. The Bertz CT molecular complexity index is 1360. The van der Waals surface area contributed by atoms with Crippen molar-refractivity contribution in [2.24, 2.45) is 0 Å². The fourth-order valence-electron chi connectivity index (χ4n) is 4.92. The molecule has 5 aliphatic rings. The van der Waals surface area contributed by atoms with Crippen LogP contribution in [0.4, 0.5) is 19.1 Å². The number of benzene rings is 1. The number of hydrogen-bond acceptors (Lipinski definition) is 6. The number of carbonyl (C=O) groups is 1. The molecule has 1 saturated carbocycles. The summed E-state index contributed by atoms with van der Waals surface area (Å²) in [6.07, 6.45) is 0.850. The fourth-order valence-corrected chi connectivity index (χ4v) is 6.40. The maximum atomic E-state index is 14.0. The Hall–Kier alpha value is -2.91.